The number of nitrogens with zero attached hydrogens (tertiary/aromatic N) is 1. The minimum Gasteiger partial charge on any atom is -0.394 e. The van der Waals surface area contributed by atoms with E-state index < -0.39 is 4.92 Å². The molecule has 7 heteroatoms. The lowest BCUT2D eigenvalue weighted by Crippen LogP contribution is -2.19. The summed E-state index contributed by atoms with van der Waals surface area (Å²) in [5.41, 5.74) is 1.08. The molecule has 6 nitrogen and oxygen atoms in total. The molecule has 1 rings (SSSR count). The van der Waals surface area contributed by atoms with Gasteiger partial charge in [0.1, 0.15) is 0 Å². The minimum absolute atomic E-state index is 0. The summed E-state index contributed by atoms with van der Waals surface area (Å²) < 4.78 is 5.07. The maximum Gasteiger partial charge on any atom is 0.269 e. The van der Waals surface area contributed by atoms with Crippen LogP contribution in [0.3, 0.4) is 0 Å². The number of nitro benzene ring substituents is 1. The number of nitro groups is 1. The van der Waals surface area contributed by atoms with E-state index in [0.29, 0.717) is 26.3 Å². The van der Waals surface area contributed by atoms with Gasteiger partial charge in [-0.2, -0.15) is 0 Å². The van der Waals surface area contributed by atoms with E-state index in [2.05, 4.69) is 5.32 Å². The summed E-state index contributed by atoms with van der Waals surface area (Å²) in [4.78, 5) is 10.0. The van der Waals surface area contributed by atoms with Crippen molar-refractivity contribution in [2.45, 2.75) is 6.54 Å². The Morgan fingerprint density at radius 2 is 1.94 bits per heavy atom. The molecular formula is C11H17ClN2O4. The van der Waals surface area contributed by atoms with Gasteiger partial charge in [-0.1, -0.05) is 12.1 Å². The average Bonchev–Trinajstić information content (AvgIpc) is 2.34. The van der Waals surface area contributed by atoms with Crippen LogP contribution >= 0.6 is 12.4 Å². The Labute approximate surface area is 112 Å². The number of ether oxygens (including phenoxy) is 1. The predicted octanol–water partition coefficient (Wildman–Crippen LogP) is 1.12. The zero-order chi connectivity index (χ0) is 12.5. The number of benzene rings is 1. The van der Waals surface area contributed by atoms with Crippen LogP contribution in [-0.2, 0) is 11.3 Å². The highest BCUT2D eigenvalue weighted by molar-refractivity contribution is 5.85. The van der Waals surface area contributed by atoms with Crippen LogP contribution in [0.4, 0.5) is 5.69 Å². The van der Waals surface area contributed by atoms with Gasteiger partial charge in [-0.05, 0) is 5.56 Å². The summed E-state index contributed by atoms with van der Waals surface area (Å²) in [6.07, 6.45) is 0. The number of non-ortho nitro benzene ring substituents is 1. The third kappa shape index (κ3) is 6.51. The molecule has 0 aliphatic rings. The lowest BCUT2D eigenvalue weighted by atomic mass is 10.2. The molecule has 0 aliphatic heterocycles. The third-order valence-electron chi connectivity index (χ3n) is 2.14. The van der Waals surface area contributed by atoms with E-state index in [4.69, 9.17) is 9.84 Å². The van der Waals surface area contributed by atoms with Crippen molar-refractivity contribution in [3.05, 3.63) is 39.9 Å². The average molecular weight is 277 g/mol. The van der Waals surface area contributed by atoms with Gasteiger partial charge in [0.15, 0.2) is 0 Å². The first kappa shape index (κ1) is 16.8. The Bertz CT molecular complexity index is 345. The largest absolute Gasteiger partial charge is 0.394 e. The number of hydrogen-bond acceptors (Lipinski definition) is 5. The summed E-state index contributed by atoms with van der Waals surface area (Å²) >= 11 is 0. The van der Waals surface area contributed by atoms with Crippen LogP contribution < -0.4 is 5.32 Å². The molecule has 0 aliphatic carbocycles. The molecular weight excluding hydrogens is 260 g/mol. The van der Waals surface area contributed by atoms with Gasteiger partial charge in [-0.15, -0.1) is 12.4 Å². The van der Waals surface area contributed by atoms with Crippen LogP contribution in [0.25, 0.3) is 0 Å². The topological polar surface area (TPSA) is 84.6 Å². The molecule has 0 saturated carbocycles. The Morgan fingerprint density at radius 1 is 1.28 bits per heavy atom. The van der Waals surface area contributed by atoms with Gasteiger partial charge in [-0.3, -0.25) is 10.1 Å². The fraction of sp³-hybridized carbons (Fsp3) is 0.455. The third-order valence-corrected chi connectivity index (χ3v) is 2.14. The smallest absolute Gasteiger partial charge is 0.269 e. The van der Waals surface area contributed by atoms with Gasteiger partial charge >= 0.3 is 0 Å². The summed E-state index contributed by atoms with van der Waals surface area (Å²) in [6.45, 7) is 2.23. The Kier molecular flexibility index (Phi) is 9.13. The van der Waals surface area contributed by atoms with Crippen LogP contribution in [-0.4, -0.2) is 36.4 Å². The molecule has 0 bridgehead atoms. The molecule has 2 N–H and O–H groups in total. The highest BCUT2D eigenvalue weighted by Gasteiger charge is 2.03. The molecule has 0 saturated heterocycles. The zero-order valence-corrected chi connectivity index (χ0v) is 10.7. The quantitative estimate of drug-likeness (QED) is 0.422. The standard InChI is InChI=1S/C11H16N2O4.ClH/c14-6-8-17-7-5-12-9-10-1-3-11(4-2-10)13(15)16;/h1-4,12,14H,5-9H2;1H. The Hall–Kier alpha value is -1.21. The van der Waals surface area contributed by atoms with E-state index in [0.717, 1.165) is 5.56 Å². The highest BCUT2D eigenvalue weighted by atomic mass is 35.5. The zero-order valence-electron chi connectivity index (χ0n) is 9.87. The number of aliphatic hydroxyl groups excluding tert-OH is 1. The van der Waals surface area contributed by atoms with E-state index in [9.17, 15) is 10.1 Å². The lowest BCUT2D eigenvalue weighted by Gasteiger charge is -2.05. The van der Waals surface area contributed by atoms with E-state index in [1.54, 1.807) is 12.1 Å². The van der Waals surface area contributed by atoms with E-state index >= 15 is 0 Å². The van der Waals surface area contributed by atoms with E-state index in [-0.39, 0.29) is 24.7 Å². The summed E-state index contributed by atoms with van der Waals surface area (Å²) in [7, 11) is 0. The van der Waals surface area contributed by atoms with Crippen LogP contribution in [0.5, 0.6) is 0 Å². The van der Waals surface area contributed by atoms with Crippen LogP contribution in [0.2, 0.25) is 0 Å². The van der Waals surface area contributed by atoms with Gasteiger partial charge in [0.25, 0.3) is 5.69 Å². The second-order valence-corrected chi connectivity index (χ2v) is 3.44. The first-order valence-corrected chi connectivity index (χ1v) is 5.36. The van der Waals surface area contributed by atoms with Crippen molar-refractivity contribution in [3.63, 3.8) is 0 Å². The van der Waals surface area contributed by atoms with E-state index in [1.807, 2.05) is 0 Å². The van der Waals surface area contributed by atoms with Gasteiger partial charge in [0, 0.05) is 25.2 Å². The van der Waals surface area contributed by atoms with Gasteiger partial charge in [0.2, 0.25) is 0 Å². The molecule has 0 aromatic heterocycles. The second-order valence-electron chi connectivity index (χ2n) is 3.44. The summed E-state index contributed by atoms with van der Waals surface area (Å²) in [5, 5.41) is 22.0. The molecule has 0 unspecified atom stereocenters. The monoisotopic (exact) mass is 276 g/mol. The van der Waals surface area contributed by atoms with E-state index in [1.165, 1.54) is 12.1 Å². The predicted molar refractivity (Wildman–Crippen MR) is 70.0 cm³/mol. The molecule has 0 radical (unpaired) electrons. The fourth-order valence-corrected chi connectivity index (χ4v) is 1.28. The maximum absolute atomic E-state index is 10.4. The first-order valence-electron chi connectivity index (χ1n) is 5.36. The van der Waals surface area contributed by atoms with Crippen molar-refractivity contribution < 1.29 is 14.8 Å². The second kappa shape index (κ2) is 9.78. The fourth-order valence-electron chi connectivity index (χ4n) is 1.28. The van der Waals surface area contributed by atoms with Crippen LogP contribution in [0, 0.1) is 10.1 Å². The van der Waals surface area contributed by atoms with Crippen molar-refractivity contribution in [3.8, 4) is 0 Å². The van der Waals surface area contributed by atoms with Crippen molar-refractivity contribution in [2.24, 2.45) is 0 Å². The van der Waals surface area contributed by atoms with Crippen molar-refractivity contribution in [1.29, 1.82) is 0 Å². The molecule has 0 heterocycles. The molecule has 18 heavy (non-hydrogen) atoms. The number of nitrogens with one attached hydrogen (secondary N) is 1. The maximum atomic E-state index is 10.4. The minimum atomic E-state index is -0.417. The molecule has 1 aromatic carbocycles. The molecule has 0 amide bonds. The molecule has 1 aromatic rings. The highest BCUT2D eigenvalue weighted by Crippen LogP contribution is 2.11. The molecule has 0 spiro atoms. The molecule has 102 valence electrons. The number of aliphatic hydroxyl groups is 1. The Morgan fingerprint density at radius 3 is 2.50 bits per heavy atom. The van der Waals surface area contributed by atoms with Crippen molar-refractivity contribution in [1.82, 2.24) is 5.32 Å². The summed E-state index contributed by atoms with van der Waals surface area (Å²) in [6, 6.07) is 6.41. The molecule has 0 atom stereocenters. The van der Waals surface area contributed by atoms with Crippen LogP contribution in [0.15, 0.2) is 24.3 Å². The number of rotatable bonds is 8. The first-order chi connectivity index (χ1) is 8.24. The lowest BCUT2D eigenvalue weighted by molar-refractivity contribution is -0.384. The Balaban J connectivity index is 0.00000289. The number of hydrogen-bond donors (Lipinski definition) is 2. The molecule has 0 fully saturated rings. The summed E-state index contributed by atoms with van der Waals surface area (Å²) in [5.74, 6) is 0. The van der Waals surface area contributed by atoms with Crippen molar-refractivity contribution >= 4 is 18.1 Å². The van der Waals surface area contributed by atoms with Gasteiger partial charge < -0.3 is 15.2 Å². The van der Waals surface area contributed by atoms with Crippen LogP contribution in [0.1, 0.15) is 5.56 Å². The van der Waals surface area contributed by atoms with Gasteiger partial charge in [0.05, 0.1) is 24.7 Å². The SMILES string of the molecule is Cl.O=[N+]([O-])c1ccc(CNCCOCCO)cc1. The van der Waals surface area contributed by atoms with Crippen molar-refractivity contribution in [2.75, 3.05) is 26.4 Å². The number of halogens is 1. The normalized spacial score (nSPS) is 9.83. The van der Waals surface area contributed by atoms with Gasteiger partial charge in [-0.25, -0.2) is 0 Å².